The lowest BCUT2D eigenvalue weighted by Crippen LogP contribution is -1.92. The summed E-state index contributed by atoms with van der Waals surface area (Å²) in [6, 6.07) is 8.29. The smallest absolute Gasteiger partial charge is 0.115 e. The first-order chi connectivity index (χ1) is 6.45. The van der Waals surface area contributed by atoms with Crippen LogP contribution in [0.2, 0.25) is 0 Å². The van der Waals surface area contributed by atoms with Gasteiger partial charge in [-0.1, -0.05) is 18.2 Å². The van der Waals surface area contributed by atoms with Gasteiger partial charge in [0.2, 0.25) is 0 Å². The summed E-state index contributed by atoms with van der Waals surface area (Å²) >= 11 is 0. The summed E-state index contributed by atoms with van der Waals surface area (Å²) in [5.41, 5.74) is 3.62. The summed E-state index contributed by atoms with van der Waals surface area (Å²) in [5.74, 6) is 0. The Balaban J connectivity index is 2.41. The van der Waals surface area contributed by atoms with Gasteiger partial charge in [0.05, 0.1) is 6.26 Å². The fourth-order valence-electron chi connectivity index (χ4n) is 1.77. The predicted octanol–water partition coefficient (Wildman–Crippen LogP) is 2.67. The van der Waals surface area contributed by atoms with Gasteiger partial charge in [0.1, 0.15) is 6.61 Å². The van der Waals surface area contributed by atoms with Crippen LogP contribution < -0.4 is 0 Å². The molecule has 0 radical (unpaired) electrons. The normalized spacial score (nSPS) is 14.2. The Kier molecular flexibility index (Phi) is 1.25. The van der Waals surface area contributed by atoms with Crippen molar-refractivity contribution in [2.75, 3.05) is 0 Å². The van der Waals surface area contributed by atoms with E-state index in [1.165, 1.54) is 22.2 Å². The fourth-order valence-corrected chi connectivity index (χ4v) is 1.77. The average Bonchev–Trinajstić information content (AvgIpc) is 2.56. The number of ether oxygens (including phenoxy) is 1. The Morgan fingerprint density at radius 1 is 1.23 bits per heavy atom. The SMILES string of the molecule is C1=Cc2[nH]c3ccccc3c2CO1. The highest BCUT2D eigenvalue weighted by atomic mass is 16.5. The Labute approximate surface area is 75.8 Å². The van der Waals surface area contributed by atoms with E-state index >= 15 is 0 Å². The maximum atomic E-state index is 5.26. The zero-order chi connectivity index (χ0) is 8.67. The molecule has 2 nitrogen and oxygen atoms in total. The Morgan fingerprint density at radius 3 is 3.15 bits per heavy atom. The van der Waals surface area contributed by atoms with E-state index < -0.39 is 0 Å². The molecule has 1 aliphatic rings. The van der Waals surface area contributed by atoms with Crippen LogP contribution in [0.4, 0.5) is 0 Å². The van der Waals surface area contributed by atoms with Gasteiger partial charge in [-0.25, -0.2) is 0 Å². The summed E-state index contributed by atoms with van der Waals surface area (Å²) < 4.78 is 5.26. The average molecular weight is 171 g/mol. The van der Waals surface area contributed by atoms with Gasteiger partial charge in [0, 0.05) is 22.2 Å². The molecule has 2 aromatic rings. The zero-order valence-corrected chi connectivity index (χ0v) is 7.08. The third-order valence-electron chi connectivity index (χ3n) is 2.41. The van der Waals surface area contributed by atoms with E-state index in [4.69, 9.17) is 4.74 Å². The first-order valence-electron chi connectivity index (χ1n) is 4.33. The molecular formula is C11H9NO. The van der Waals surface area contributed by atoms with Crippen LogP contribution in [0.25, 0.3) is 17.0 Å². The molecule has 0 amide bonds. The van der Waals surface area contributed by atoms with E-state index in [0.29, 0.717) is 6.61 Å². The standard InChI is InChI=1S/C11H9NO/c1-2-4-10-8(3-1)9-7-13-6-5-11(9)12-10/h1-6,12H,7H2. The molecule has 0 spiro atoms. The Hall–Kier alpha value is -1.70. The molecule has 13 heavy (non-hydrogen) atoms. The van der Waals surface area contributed by atoms with Crippen molar-refractivity contribution in [3.05, 3.63) is 41.8 Å². The highest BCUT2D eigenvalue weighted by molar-refractivity contribution is 5.87. The minimum atomic E-state index is 0.676. The number of aromatic amines is 1. The molecule has 3 rings (SSSR count). The topological polar surface area (TPSA) is 25.0 Å². The Bertz CT molecular complexity index is 482. The van der Waals surface area contributed by atoms with E-state index in [0.717, 1.165) is 0 Å². The van der Waals surface area contributed by atoms with Crippen LogP contribution in [-0.4, -0.2) is 4.98 Å². The first-order valence-corrected chi connectivity index (χ1v) is 4.33. The van der Waals surface area contributed by atoms with Gasteiger partial charge < -0.3 is 9.72 Å². The van der Waals surface area contributed by atoms with E-state index in [1.54, 1.807) is 6.26 Å². The second-order valence-electron chi connectivity index (χ2n) is 3.18. The Morgan fingerprint density at radius 2 is 2.15 bits per heavy atom. The minimum absolute atomic E-state index is 0.676. The third kappa shape index (κ3) is 0.886. The van der Waals surface area contributed by atoms with Gasteiger partial charge in [0.15, 0.2) is 0 Å². The molecule has 0 atom stereocenters. The largest absolute Gasteiger partial charge is 0.496 e. The third-order valence-corrected chi connectivity index (χ3v) is 2.41. The molecule has 0 bridgehead atoms. The maximum absolute atomic E-state index is 5.26. The molecule has 0 aliphatic carbocycles. The quantitative estimate of drug-likeness (QED) is 0.647. The number of para-hydroxylation sites is 1. The number of hydrogen-bond acceptors (Lipinski definition) is 1. The number of benzene rings is 1. The van der Waals surface area contributed by atoms with Crippen molar-refractivity contribution in [1.29, 1.82) is 0 Å². The number of hydrogen-bond donors (Lipinski definition) is 1. The molecule has 1 aliphatic heterocycles. The highest BCUT2D eigenvalue weighted by Crippen LogP contribution is 2.26. The summed E-state index contributed by atoms with van der Waals surface area (Å²) in [6.07, 6.45) is 3.70. The van der Waals surface area contributed by atoms with Gasteiger partial charge in [-0.05, 0) is 12.1 Å². The number of nitrogens with one attached hydrogen (secondary N) is 1. The summed E-state index contributed by atoms with van der Waals surface area (Å²) in [5, 5.41) is 1.27. The molecule has 2 heterocycles. The zero-order valence-electron chi connectivity index (χ0n) is 7.08. The van der Waals surface area contributed by atoms with E-state index in [9.17, 15) is 0 Å². The number of rotatable bonds is 0. The molecule has 1 aromatic carbocycles. The predicted molar refractivity (Wildman–Crippen MR) is 52.1 cm³/mol. The highest BCUT2D eigenvalue weighted by Gasteiger charge is 2.11. The van der Waals surface area contributed by atoms with Crippen LogP contribution in [-0.2, 0) is 11.3 Å². The minimum Gasteiger partial charge on any atom is -0.496 e. The van der Waals surface area contributed by atoms with Gasteiger partial charge in [-0.3, -0.25) is 0 Å². The molecule has 2 heteroatoms. The fraction of sp³-hybridized carbons (Fsp3) is 0.0909. The number of aromatic nitrogens is 1. The van der Waals surface area contributed by atoms with E-state index in [2.05, 4.69) is 23.2 Å². The molecule has 1 aromatic heterocycles. The number of H-pyrrole nitrogens is 1. The lowest BCUT2D eigenvalue weighted by Gasteiger charge is -2.06. The summed E-state index contributed by atoms with van der Waals surface area (Å²) in [7, 11) is 0. The van der Waals surface area contributed by atoms with Gasteiger partial charge >= 0.3 is 0 Å². The molecule has 0 fully saturated rings. The molecule has 1 N–H and O–H groups in total. The summed E-state index contributed by atoms with van der Waals surface area (Å²) in [4.78, 5) is 3.35. The van der Waals surface area contributed by atoms with Crippen LogP contribution in [0.1, 0.15) is 11.3 Å². The monoisotopic (exact) mass is 171 g/mol. The van der Waals surface area contributed by atoms with Crippen molar-refractivity contribution in [3.63, 3.8) is 0 Å². The van der Waals surface area contributed by atoms with Crippen molar-refractivity contribution < 1.29 is 4.74 Å². The van der Waals surface area contributed by atoms with Gasteiger partial charge in [-0.15, -0.1) is 0 Å². The first kappa shape index (κ1) is 6.78. The molecule has 0 unspecified atom stereocenters. The lowest BCUT2D eigenvalue weighted by atomic mass is 10.1. The lowest BCUT2D eigenvalue weighted by molar-refractivity contribution is 0.235. The van der Waals surface area contributed by atoms with E-state index in [-0.39, 0.29) is 0 Å². The van der Waals surface area contributed by atoms with Crippen LogP contribution in [0.5, 0.6) is 0 Å². The van der Waals surface area contributed by atoms with Crippen molar-refractivity contribution in [1.82, 2.24) is 4.98 Å². The van der Waals surface area contributed by atoms with Crippen molar-refractivity contribution in [2.45, 2.75) is 6.61 Å². The maximum Gasteiger partial charge on any atom is 0.115 e. The van der Waals surface area contributed by atoms with Crippen LogP contribution >= 0.6 is 0 Å². The van der Waals surface area contributed by atoms with Crippen molar-refractivity contribution >= 4 is 17.0 Å². The number of fused-ring (bicyclic) bond motifs is 3. The van der Waals surface area contributed by atoms with Crippen LogP contribution in [0.3, 0.4) is 0 Å². The molecule has 64 valence electrons. The molecule has 0 saturated carbocycles. The second-order valence-corrected chi connectivity index (χ2v) is 3.18. The second kappa shape index (κ2) is 2.39. The van der Waals surface area contributed by atoms with E-state index in [1.807, 2.05) is 12.1 Å². The van der Waals surface area contributed by atoms with Crippen molar-refractivity contribution in [3.8, 4) is 0 Å². The van der Waals surface area contributed by atoms with Gasteiger partial charge in [0.25, 0.3) is 0 Å². The molecule has 0 saturated heterocycles. The van der Waals surface area contributed by atoms with Gasteiger partial charge in [-0.2, -0.15) is 0 Å². The van der Waals surface area contributed by atoms with Crippen LogP contribution in [0, 0.1) is 0 Å². The molecular weight excluding hydrogens is 162 g/mol. The summed E-state index contributed by atoms with van der Waals surface area (Å²) in [6.45, 7) is 0.676. The van der Waals surface area contributed by atoms with Crippen LogP contribution in [0.15, 0.2) is 30.5 Å². The van der Waals surface area contributed by atoms with Crippen molar-refractivity contribution in [2.24, 2.45) is 0 Å².